The smallest absolute Gasteiger partial charge is 0.335 e. The highest BCUT2D eigenvalue weighted by Gasteiger charge is 2.10. The topological polar surface area (TPSA) is 101 Å². The number of nitrogens with zero attached hydrogens (tertiary/aromatic N) is 2. The van der Waals surface area contributed by atoms with E-state index >= 15 is 0 Å². The monoisotopic (exact) mass is 376 g/mol. The third-order valence-corrected chi connectivity index (χ3v) is 3.70. The van der Waals surface area contributed by atoms with Crippen molar-refractivity contribution in [1.29, 1.82) is 0 Å². The number of nitrogen functional groups attached to an aromatic ring is 1. The number of carboxylic acid groups (broad SMARTS) is 1. The molecule has 25 heavy (non-hydrogen) atoms. The minimum Gasteiger partial charge on any atom is -0.478 e. The van der Waals surface area contributed by atoms with Gasteiger partial charge in [-0.1, -0.05) is 29.8 Å². The summed E-state index contributed by atoms with van der Waals surface area (Å²) in [6.45, 7) is 0. The highest BCUT2D eigenvalue weighted by atomic mass is 35.5. The van der Waals surface area contributed by atoms with Gasteiger partial charge in [0.15, 0.2) is 0 Å². The Morgan fingerprint density at radius 3 is 2.36 bits per heavy atom. The molecule has 6 nitrogen and oxygen atoms in total. The van der Waals surface area contributed by atoms with Crippen molar-refractivity contribution in [3.8, 4) is 11.1 Å². The van der Waals surface area contributed by atoms with Gasteiger partial charge in [-0.05, 0) is 30.3 Å². The third kappa shape index (κ3) is 4.17. The highest BCUT2D eigenvalue weighted by Crippen LogP contribution is 2.31. The molecule has 3 aromatic rings. The van der Waals surface area contributed by atoms with Crippen LogP contribution in [0, 0.1) is 0 Å². The Hall–Kier alpha value is -2.83. The molecule has 0 aliphatic rings. The number of hydrogen-bond donors (Lipinski definition) is 3. The van der Waals surface area contributed by atoms with Crippen molar-refractivity contribution >= 4 is 47.4 Å². The number of benzene rings is 2. The van der Waals surface area contributed by atoms with Gasteiger partial charge in [0.1, 0.15) is 5.82 Å². The van der Waals surface area contributed by atoms with Crippen molar-refractivity contribution in [2.45, 2.75) is 0 Å². The lowest BCUT2D eigenvalue weighted by Gasteiger charge is -2.10. The lowest BCUT2D eigenvalue weighted by atomic mass is 10.1. The first kappa shape index (κ1) is 18.5. The fraction of sp³-hybridized carbons (Fsp3) is 0. The van der Waals surface area contributed by atoms with Crippen molar-refractivity contribution in [2.75, 3.05) is 11.1 Å². The molecule has 0 saturated heterocycles. The van der Waals surface area contributed by atoms with E-state index in [-0.39, 0.29) is 18.0 Å². The Morgan fingerprint density at radius 2 is 1.76 bits per heavy atom. The number of halogens is 2. The van der Waals surface area contributed by atoms with Crippen LogP contribution in [0.5, 0.6) is 0 Å². The second kappa shape index (κ2) is 7.83. The number of anilines is 3. The summed E-state index contributed by atoms with van der Waals surface area (Å²) < 4.78 is 0. The van der Waals surface area contributed by atoms with Crippen molar-refractivity contribution < 1.29 is 9.90 Å². The van der Waals surface area contributed by atoms with Crippen LogP contribution >= 0.6 is 24.0 Å². The van der Waals surface area contributed by atoms with E-state index in [1.807, 2.05) is 18.2 Å². The molecule has 8 heteroatoms. The summed E-state index contributed by atoms with van der Waals surface area (Å²) in [4.78, 5) is 19.3. The third-order valence-electron chi connectivity index (χ3n) is 3.37. The average molecular weight is 377 g/mol. The zero-order chi connectivity index (χ0) is 17.1. The zero-order valence-corrected chi connectivity index (χ0v) is 14.4. The summed E-state index contributed by atoms with van der Waals surface area (Å²) in [6.07, 6.45) is 1.59. The molecule has 1 aromatic heterocycles. The molecule has 0 radical (unpaired) electrons. The Bertz CT molecular complexity index is 901. The van der Waals surface area contributed by atoms with Gasteiger partial charge >= 0.3 is 5.97 Å². The van der Waals surface area contributed by atoms with Crippen LogP contribution in [-0.2, 0) is 0 Å². The standard InChI is InChI=1S/C17H13ClN4O2.ClH/c18-14-4-2-1-3-12(14)13-9-20-17(22-15(13)19)21-11-7-5-10(6-8-11)16(23)24;/h1-9H,(H,23,24)(H3,19,20,21,22);1H. The quantitative estimate of drug-likeness (QED) is 0.629. The number of aromatic nitrogens is 2. The van der Waals surface area contributed by atoms with Crippen molar-refractivity contribution in [3.05, 3.63) is 65.3 Å². The molecular formula is C17H14Cl2N4O2. The van der Waals surface area contributed by atoms with E-state index in [4.69, 9.17) is 22.4 Å². The summed E-state index contributed by atoms with van der Waals surface area (Å²) >= 11 is 6.17. The van der Waals surface area contributed by atoms with E-state index in [9.17, 15) is 4.79 Å². The number of nitrogens with two attached hydrogens (primary N) is 1. The predicted octanol–water partition coefficient (Wildman–Crippen LogP) is 4.24. The average Bonchev–Trinajstić information content (AvgIpc) is 2.56. The van der Waals surface area contributed by atoms with E-state index < -0.39 is 5.97 Å². The highest BCUT2D eigenvalue weighted by molar-refractivity contribution is 6.33. The Kier molecular flexibility index (Phi) is 5.80. The second-order valence-electron chi connectivity index (χ2n) is 4.98. The number of nitrogens with one attached hydrogen (secondary N) is 1. The number of carbonyl (C=O) groups is 1. The summed E-state index contributed by atoms with van der Waals surface area (Å²) in [6, 6.07) is 13.5. The van der Waals surface area contributed by atoms with Crippen LogP contribution in [0.15, 0.2) is 54.7 Å². The molecule has 4 N–H and O–H groups in total. The van der Waals surface area contributed by atoms with Crippen molar-refractivity contribution in [3.63, 3.8) is 0 Å². The number of carboxylic acids is 1. The fourth-order valence-corrected chi connectivity index (χ4v) is 2.41. The molecule has 0 saturated carbocycles. The van der Waals surface area contributed by atoms with E-state index in [0.717, 1.165) is 5.56 Å². The lowest BCUT2D eigenvalue weighted by Crippen LogP contribution is -2.03. The Balaban J connectivity index is 0.00000225. The molecule has 0 aliphatic heterocycles. The molecule has 0 fully saturated rings. The van der Waals surface area contributed by atoms with Gasteiger partial charge in [0, 0.05) is 28.0 Å². The van der Waals surface area contributed by atoms with Crippen LogP contribution in [0.3, 0.4) is 0 Å². The summed E-state index contributed by atoms with van der Waals surface area (Å²) in [5, 5.41) is 12.4. The fourth-order valence-electron chi connectivity index (χ4n) is 2.17. The van der Waals surface area contributed by atoms with Crippen LogP contribution < -0.4 is 11.1 Å². The summed E-state index contributed by atoms with van der Waals surface area (Å²) in [7, 11) is 0. The van der Waals surface area contributed by atoms with Crippen LogP contribution in [-0.4, -0.2) is 21.0 Å². The van der Waals surface area contributed by atoms with Gasteiger partial charge in [0.05, 0.1) is 5.56 Å². The lowest BCUT2D eigenvalue weighted by molar-refractivity contribution is 0.0697. The Morgan fingerprint density at radius 1 is 1.08 bits per heavy atom. The van der Waals surface area contributed by atoms with Crippen LogP contribution in [0.1, 0.15) is 10.4 Å². The minimum atomic E-state index is -0.980. The first-order valence-electron chi connectivity index (χ1n) is 7.02. The molecule has 0 unspecified atom stereocenters. The maximum absolute atomic E-state index is 10.8. The zero-order valence-electron chi connectivity index (χ0n) is 12.8. The van der Waals surface area contributed by atoms with Gasteiger partial charge in [0.25, 0.3) is 0 Å². The largest absolute Gasteiger partial charge is 0.478 e. The van der Waals surface area contributed by atoms with E-state index in [1.165, 1.54) is 12.1 Å². The van der Waals surface area contributed by atoms with Crippen molar-refractivity contribution in [1.82, 2.24) is 9.97 Å². The normalized spacial score (nSPS) is 9.96. The maximum atomic E-state index is 10.8. The molecule has 0 aliphatic carbocycles. The Labute approximate surface area is 155 Å². The molecule has 0 bridgehead atoms. The van der Waals surface area contributed by atoms with E-state index in [0.29, 0.717) is 28.0 Å². The molecule has 0 amide bonds. The molecule has 2 aromatic carbocycles. The van der Waals surface area contributed by atoms with Gasteiger partial charge in [-0.15, -0.1) is 12.4 Å². The van der Waals surface area contributed by atoms with Gasteiger partial charge in [-0.25, -0.2) is 9.78 Å². The van der Waals surface area contributed by atoms with Crippen LogP contribution in [0.25, 0.3) is 11.1 Å². The first-order chi connectivity index (χ1) is 11.5. The van der Waals surface area contributed by atoms with Crippen LogP contribution in [0.4, 0.5) is 17.5 Å². The summed E-state index contributed by atoms with van der Waals surface area (Å²) in [5.74, 6) is -0.375. The number of rotatable bonds is 4. The van der Waals surface area contributed by atoms with Gasteiger partial charge in [-0.2, -0.15) is 4.98 Å². The molecular weight excluding hydrogens is 363 g/mol. The molecule has 1 heterocycles. The van der Waals surface area contributed by atoms with Crippen molar-refractivity contribution in [2.24, 2.45) is 0 Å². The van der Waals surface area contributed by atoms with E-state index in [2.05, 4.69) is 15.3 Å². The molecule has 0 atom stereocenters. The van der Waals surface area contributed by atoms with Gasteiger partial charge < -0.3 is 16.2 Å². The molecule has 0 spiro atoms. The molecule has 128 valence electrons. The number of hydrogen-bond acceptors (Lipinski definition) is 5. The second-order valence-corrected chi connectivity index (χ2v) is 5.39. The first-order valence-corrected chi connectivity index (χ1v) is 7.40. The van der Waals surface area contributed by atoms with Gasteiger partial charge in [-0.3, -0.25) is 0 Å². The minimum absolute atomic E-state index is 0. The van der Waals surface area contributed by atoms with Gasteiger partial charge in [0.2, 0.25) is 5.95 Å². The number of aromatic carboxylic acids is 1. The van der Waals surface area contributed by atoms with Crippen LogP contribution in [0.2, 0.25) is 5.02 Å². The molecule has 3 rings (SSSR count). The SMILES string of the molecule is Cl.Nc1nc(Nc2ccc(C(=O)O)cc2)ncc1-c1ccccc1Cl. The maximum Gasteiger partial charge on any atom is 0.335 e. The predicted molar refractivity (Wildman–Crippen MR) is 101 cm³/mol. The summed E-state index contributed by atoms with van der Waals surface area (Å²) in [5.41, 5.74) is 8.28. The van der Waals surface area contributed by atoms with E-state index in [1.54, 1.807) is 24.4 Å².